The molecule has 0 saturated heterocycles. The molecule has 72 valence electrons. The predicted octanol–water partition coefficient (Wildman–Crippen LogP) is 1.71. The molecule has 3 rings (SSSR count). The number of hydrogen-bond donors (Lipinski definition) is 1. The molecule has 0 unspecified atom stereocenters. The molecule has 2 aromatic rings. The maximum absolute atomic E-state index is 5.83. The highest BCUT2D eigenvalue weighted by Gasteiger charge is 2.18. The second-order valence-electron chi connectivity index (χ2n) is 4.01. The highest BCUT2D eigenvalue weighted by molar-refractivity contribution is 5.57. The first kappa shape index (κ1) is 7.85. The van der Waals surface area contributed by atoms with Gasteiger partial charge in [-0.25, -0.2) is 4.98 Å². The van der Waals surface area contributed by atoms with E-state index >= 15 is 0 Å². The molecule has 0 radical (unpaired) electrons. The minimum Gasteiger partial charge on any atom is -0.398 e. The van der Waals surface area contributed by atoms with Gasteiger partial charge in [0.15, 0.2) is 0 Å². The molecule has 1 aliphatic rings. The van der Waals surface area contributed by atoms with Gasteiger partial charge < -0.3 is 10.1 Å². The monoisotopic (exact) mass is 187 g/mol. The number of rotatable bonds is 0. The minimum absolute atomic E-state index is 0.821. The Morgan fingerprint density at radius 3 is 3.14 bits per heavy atom. The molecular formula is C11H13N3. The van der Waals surface area contributed by atoms with Crippen LogP contribution in [-0.4, -0.2) is 9.38 Å². The number of fused-ring (bicyclic) bond motifs is 3. The number of aryl methyl sites for hydroxylation is 3. The lowest BCUT2D eigenvalue weighted by Gasteiger charge is -2.02. The van der Waals surface area contributed by atoms with Crippen molar-refractivity contribution in [3.63, 3.8) is 0 Å². The minimum atomic E-state index is 0.821. The number of nitrogens with zero attached hydrogens (tertiary/aromatic N) is 2. The molecule has 2 heterocycles. The number of imidazole rings is 1. The fourth-order valence-electron chi connectivity index (χ4n) is 2.32. The van der Waals surface area contributed by atoms with Gasteiger partial charge in [0.05, 0.1) is 5.69 Å². The molecule has 2 N–H and O–H groups in total. The number of nitrogens with two attached hydrogens (primary N) is 1. The largest absolute Gasteiger partial charge is 0.398 e. The van der Waals surface area contributed by atoms with E-state index in [1.807, 2.05) is 12.3 Å². The zero-order valence-corrected chi connectivity index (χ0v) is 8.25. The van der Waals surface area contributed by atoms with Crippen molar-refractivity contribution in [1.29, 1.82) is 0 Å². The normalized spacial score (nSPS) is 14.9. The van der Waals surface area contributed by atoms with E-state index in [4.69, 9.17) is 5.73 Å². The van der Waals surface area contributed by atoms with Crippen LogP contribution >= 0.6 is 0 Å². The number of anilines is 1. The van der Waals surface area contributed by atoms with Crippen LogP contribution < -0.4 is 5.73 Å². The first-order valence-electron chi connectivity index (χ1n) is 5.01. The maximum atomic E-state index is 5.83. The summed E-state index contributed by atoms with van der Waals surface area (Å²) in [7, 11) is 0. The van der Waals surface area contributed by atoms with Gasteiger partial charge in [0, 0.05) is 17.6 Å². The second-order valence-corrected chi connectivity index (χ2v) is 4.01. The maximum Gasteiger partial charge on any atom is 0.140 e. The molecule has 0 atom stereocenters. The average Bonchev–Trinajstić information content (AvgIpc) is 2.65. The van der Waals surface area contributed by atoms with Gasteiger partial charge in [-0.15, -0.1) is 0 Å². The van der Waals surface area contributed by atoms with Gasteiger partial charge in [0.25, 0.3) is 0 Å². The Kier molecular flexibility index (Phi) is 1.40. The van der Waals surface area contributed by atoms with E-state index < -0.39 is 0 Å². The van der Waals surface area contributed by atoms with Crippen molar-refractivity contribution in [2.24, 2.45) is 0 Å². The van der Waals surface area contributed by atoms with Gasteiger partial charge >= 0.3 is 0 Å². The van der Waals surface area contributed by atoms with Crippen LogP contribution in [0.4, 0.5) is 5.69 Å². The van der Waals surface area contributed by atoms with E-state index in [9.17, 15) is 0 Å². The predicted molar refractivity (Wildman–Crippen MR) is 56.4 cm³/mol. The van der Waals surface area contributed by atoms with E-state index in [2.05, 4.69) is 16.3 Å². The van der Waals surface area contributed by atoms with Crippen molar-refractivity contribution in [3.8, 4) is 0 Å². The molecular weight excluding hydrogens is 174 g/mol. The third-order valence-electron chi connectivity index (χ3n) is 2.93. The SMILES string of the molecule is Cc1cc(N)cn2c3c(nc12)CCC3. The molecule has 3 nitrogen and oxygen atoms in total. The molecule has 2 aromatic heterocycles. The average molecular weight is 187 g/mol. The molecule has 1 aliphatic carbocycles. The highest BCUT2D eigenvalue weighted by atomic mass is 15.0. The summed E-state index contributed by atoms with van der Waals surface area (Å²) < 4.78 is 2.16. The van der Waals surface area contributed by atoms with Crippen LogP contribution in [0.1, 0.15) is 23.4 Å². The molecule has 0 saturated carbocycles. The van der Waals surface area contributed by atoms with E-state index in [0.717, 1.165) is 24.2 Å². The lowest BCUT2D eigenvalue weighted by molar-refractivity contribution is 0.868. The quantitative estimate of drug-likeness (QED) is 0.682. The summed E-state index contributed by atoms with van der Waals surface area (Å²) in [5, 5.41) is 0. The molecule has 0 spiro atoms. The Balaban J connectivity index is 2.43. The van der Waals surface area contributed by atoms with E-state index in [-0.39, 0.29) is 0 Å². The summed E-state index contributed by atoms with van der Waals surface area (Å²) in [5.74, 6) is 0. The zero-order chi connectivity index (χ0) is 9.71. The third kappa shape index (κ3) is 0.895. The summed E-state index contributed by atoms with van der Waals surface area (Å²) in [6.07, 6.45) is 5.48. The molecule has 0 aromatic carbocycles. The molecule has 14 heavy (non-hydrogen) atoms. The molecule has 0 amide bonds. The third-order valence-corrected chi connectivity index (χ3v) is 2.93. The number of nitrogen functional groups attached to an aromatic ring is 1. The van der Waals surface area contributed by atoms with Crippen LogP contribution in [0, 0.1) is 6.92 Å². The first-order chi connectivity index (χ1) is 6.75. The first-order valence-corrected chi connectivity index (χ1v) is 5.01. The Morgan fingerprint density at radius 1 is 1.43 bits per heavy atom. The van der Waals surface area contributed by atoms with Gasteiger partial charge in [0.1, 0.15) is 5.65 Å². The summed E-state index contributed by atoms with van der Waals surface area (Å²) in [6.45, 7) is 2.06. The number of pyridine rings is 1. The van der Waals surface area contributed by atoms with Crippen LogP contribution in [0.5, 0.6) is 0 Å². The standard InChI is InChI=1S/C11H13N3/c1-7-5-8(12)6-14-10-4-2-3-9(10)13-11(7)14/h5-6H,2-4,12H2,1H3. The van der Waals surface area contributed by atoms with Crippen molar-refractivity contribution in [2.45, 2.75) is 26.2 Å². The summed E-state index contributed by atoms with van der Waals surface area (Å²) in [6, 6.07) is 1.98. The Hall–Kier alpha value is -1.51. The summed E-state index contributed by atoms with van der Waals surface area (Å²) in [4.78, 5) is 4.64. The second kappa shape index (κ2) is 2.50. The highest BCUT2D eigenvalue weighted by Crippen LogP contribution is 2.25. The summed E-state index contributed by atoms with van der Waals surface area (Å²) >= 11 is 0. The molecule has 0 bridgehead atoms. The van der Waals surface area contributed by atoms with E-state index in [0.29, 0.717) is 0 Å². The topological polar surface area (TPSA) is 43.3 Å². The van der Waals surface area contributed by atoms with Crippen LogP contribution in [-0.2, 0) is 12.8 Å². The van der Waals surface area contributed by atoms with Crippen molar-refractivity contribution in [1.82, 2.24) is 9.38 Å². The van der Waals surface area contributed by atoms with Crippen molar-refractivity contribution >= 4 is 11.3 Å². The molecule has 0 aliphatic heterocycles. The van der Waals surface area contributed by atoms with Gasteiger partial charge in [-0.1, -0.05) is 0 Å². The van der Waals surface area contributed by atoms with Gasteiger partial charge in [-0.3, -0.25) is 0 Å². The zero-order valence-electron chi connectivity index (χ0n) is 8.25. The van der Waals surface area contributed by atoms with Crippen molar-refractivity contribution < 1.29 is 0 Å². The van der Waals surface area contributed by atoms with Gasteiger partial charge in [-0.05, 0) is 37.8 Å². The Labute approximate surface area is 82.6 Å². The van der Waals surface area contributed by atoms with Gasteiger partial charge in [-0.2, -0.15) is 0 Å². The van der Waals surface area contributed by atoms with Crippen molar-refractivity contribution in [3.05, 3.63) is 29.2 Å². The van der Waals surface area contributed by atoms with Gasteiger partial charge in [0.2, 0.25) is 0 Å². The number of aromatic nitrogens is 2. The fourth-order valence-corrected chi connectivity index (χ4v) is 2.32. The number of hydrogen-bond acceptors (Lipinski definition) is 2. The Morgan fingerprint density at radius 2 is 2.29 bits per heavy atom. The van der Waals surface area contributed by atoms with Crippen LogP contribution in [0.15, 0.2) is 12.3 Å². The molecule has 0 fully saturated rings. The van der Waals surface area contributed by atoms with E-state index in [1.54, 1.807) is 0 Å². The van der Waals surface area contributed by atoms with Crippen molar-refractivity contribution in [2.75, 3.05) is 5.73 Å². The lowest BCUT2D eigenvalue weighted by atomic mass is 10.2. The van der Waals surface area contributed by atoms with E-state index in [1.165, 1.54) is 23.4 Å². The fraction of sp³-hybridized carbons (Fsp3) is 0.364. The van der Waals surface area contributed by atoms with Crippen LogP contribution in [0.3, 0.4) is 0 Å². The molecule has 3 heteroatoms. The smallest absolute Gasteiger partial charge is 0.140 e. The van der Waals surface area contributed by atoms with Crippen LogP contribution in [0.2, 0.25) is 0 Å². The summed E-state index contributed by atoms with van der Waals surface area (Å²) in [5.41, 5.74) is 11.5. The Bertz CT molecular complexity index is 511. The lowest BCUT2D eigenvalue weighted by Crippen LogP contribution is -1.96. The van der Waals surface area contributed by atoms with Crippen LogP contribution in [0.25, 0.3) is 5.65 Å².